The van der Waals surface area contributed by atoms with Crippen LogP contribution in [0.25, 0.3) is 0 Å². The van der Waals surface area contributed by atoms with E-state index in [4.69, 9.17) is 4.74 Å². The summed E-state index contributed by atoms with van der Waals surface area (Å²) >= 11 is 0. The van der Waals surface area contributed by atoms with E-state index >= 15 is 0 Å². The number of Topliss-reactive ketones (excluding diaryl/α,β-unsaturated/α-hetero) is 1. The Bertz CT molecular complexity index is 887. The summed E-state index contributed by atoms with van der Waals surface area (Å²) in [6, 6.07) is 0.462. The molecule has 1 spiro atoms. The number of aliphatic hydroxyl groups is 1. The summed E-state index contributed by atoms with van der Waals surface area (Å²) in [5.41, 5.74) is -1.72. The van der Waals surface area contributed by atoms with Gasteiger partial charge in [0.15, 0.2) is 23.4 Å². The first kappa shape index (κ1) is 18.1. The summed E-state index contributed by atoms with van der Waals surface area (Å²) in [7, 11) is 0. The minimum atomic E-state index is -4.31. The molecule has 2 fully saturated rings. The highest BCUT2D eigenvalue weighted by atomic mass is 19.4. The summed E-state index contributed by atoms with van der Waals surface area (Å²) in [6.45, 7) is 0.0125. The predicted molar refractivity (Wildman–Crippen MR) is 89.4 cm³/mol. The van der Waals surface area contributed by atoms with Crippen molar-refractivity contribution in [2.75, 3.05) is 13.1 Å². The third-order valence-corrected chi connectivity index (χ3v) is 7.16. The molecule has 1 saturated carbocycles. The maximum absolute atomic E-state index is 12.8. The number of phenolic OH excluding ortho intramolecular Hbond substituents is 2. The van der Waals surface area contributed by atoms with E-state index in [0.29, 0.717) is 11.1 Å². The minimum Gasteiger partial charge on any atom is -0.508 e. The lowest BCUT2D eigenvalue weighted by Crippen LogP contribution is -2.76. The van der Waals surface area contributed by atoms with E-state index in [0.717, 1.165) is 6.07 Å². The zero-order chi connectivity index (χ0) is 20.1. The third kappa shape index (κ3) is 2.03. The Hall–Kier alpha value is -2.00. The first-order chi connectivity index (χ1) is 13.1. The third-order valence-electron chi connectivity index (χ3n) is 7.16. The minimum absolute atomic E-state index is 0.0581. The molecule has 1 aromatic carbocycles. The normalized spacial score (nSPS) is 36.2. The quantitative estimate of drug-likeness (QED) is 0.703. The molecule has 6 nitrogen and oxygen atoms in total. The summed E-state index contributed by atoms with van der Waals surface area (Å²) in [4.78, 5) is 14.3. The van der Waals surface area contributed by atoms with Crippen molar-refractivity contribution in [3.8, 4) is 17.2 Å². The molecule has 1 saturated heterocycles. The highest BCUT2D eigenvalue weighted by molar-refractivity contribution is 5.90. The van der Waals surface area contributed by atoms with E-state index in [1.54, 1.807) is 4.90 Å². The fraction of sp³-hybridized carbons (Fsp3) is 0.632. The van der Waals surface area contributed by atoms with Gasteiger partial charge < -0.3 is 20.1 Å². The highest BCUT2D eigenvalue weighted by Gasteiger charge is 2.73. The van der Waals surface area contributed by atoms with Gasteiger partial charge in [0, 0.05) is 36.2 Å². The van der Waals surface area contributed by atoms with E-state index in [2.05, 4.69) is 0 Å². The lowest BCUT2D eigenvalue weighted by Gasteiger charge is -2.62. The molecular formula is C19H20F3NO5. The van der Waals surface area contributed by atoms with Crippen LogP contribution in [0.15, 0.2) is 6.07 Å². The number of carbonyl (C=O) groups is 1. The first-order valence-corrected chi connectivity index (χ1v) is 9.39. The van der Waals surface area contributed by atoms with Gasteiger partial charge in [0.25, 0.3) is 0 Å². The smallest absolute Gasteiger partial charge is 0.390 e. The number of alkyl halides is 3. The van der Waals surface area contributed by atoms with Gasteiger partial charge in [-0.3, -0.25) is 9.69 Å². The molecule has 2 unspecified atom stereocenters. The van der Waals surface area contributed by atoms with Crippen molar-refractivity contribution in [3.63, 3.8) is 0 Å². The Morgan fingerprint density at radius 3 is 2.71 bits per heavy atom. The Balaban J connectivity index is 1.67. The maximum Gasteiger partial charge on any atom is 0.390 e. The summed E-state index contributed by atoms with van der Waals surface area (Å²) in [5, 5.41) is 32.5. The average molecular weight is 399 g/mol. The Morgan fingerprint density at radius 2 is 2.00 bits per heavy atom. The molecule has 1 aromatic rings. The number of benzene rings is 1. The first-order valence-electron chi connectivity index (χ1n) is 9.39. The van der Waals surface area contributed by atoms with Gasteiger partial charge in [0.05, 0.1) is 17.4 Å². The van der Waals surface area contributed by atoms with E-state index in [1.165, 1.54) is 0 Å². The van der Waals surface area contributed by atoms with Crippen molar-refractivity contribution in [2.45, 2.75) is 61.4 Å². The number of ether oxygens (including phenoxy) is 1. The molecular weight excluding hydrogens is 379 g/mol. The number of hydrogen-bond donors (Lipinski definition) is 3. The van der Waals surface area contributed by atoms with Gasteiger partial charge in [0.1, 0.15) is 5.75 Å². The predicted octanol–water partition coefficient (Wildman–Crippen LogP) is 1.77. The van der Waals surface area contributed by atoms with Gasteiger partial charge in [-0.05, 0) is 25.8 Å². The molecule has 3 N–H and O–H groups in total. The molecule has 4 aliphatic rings. The van der Waals surface area contributed by atoms with Crippen LogP contribution < -0.4 is 4.74 Å². The molecule has 2 aliphatic heterocycles. The zero-order valence-corrected chi connectivity index (χ0v) is 14.9. The molecule has 0 aromatic heterocycles. The molecule has 152 valence electrons. The molecule has 2 heterocycles. The van der Waals surface area contributed by atoms with Crippen LogP contribution in [0.5, 0.6) is 17.2 Å². The molecule has 5 rings (SSSR count). The largest absolute Gasteiger partial charge is 0.508 e. The van der Waals surface area contributed by atoms with Crippen molar-refractivity contribution < 1.29 is 38.0 Å². The van der Waals surface area contributed by atoms with Crippen molar-refractivity contribution in [3.05, 3.63) is 17.2 Å². The monoisotopic (exact) mass is 399 g/mol. The lowest BCUT2D eigenvalue weighted by atomic mass is 9.49. The van der Waals surface area contributed by atoms with Gasteiger partial charge in [-0.15, -0.1) is 0 Å². The molecule has 0 radical (unpaired) electrons. The van der Waals surface area contributed by atoms with Gasteiger partial charge in [0.2, 0.25) is 0 Å². The number of likely N-dealkylation sites (tertiary alicyclic amines) is 1. The van der Waals surface area contributed by atoms with E-state index in [-0.39, 0.29) is 61.8 Å². The van der Waals surface area contributed by atoms with Gasteiger partial charge >= 0.3 is 6.18 Å². The number of phenols is 2. The van der Waals surface area contributed by atoms with Crippen LogP contribution in [-0.4, -0.2) is 63.0 Å². The second-order valence-corrected chi connectivity index (χ2v) is 8.33. The van der Waals surface area contributed by atoms with E-state index in [9.17, 15) is 33.3 Å². The number of ketones is 1. The van der Waals surface area contributed by atoms with Crippen molar-refractivity contribution in [1.29, 1.82) is 0 Å². The number of carbonyl (C=O) groups excluding carboxylic acids is 1. The van der Waals surface area contributed by atoms with Crippen LogP contribution >= 0.6 is 0 Å². The average Bonchev–Trinajstić information content (AvgIpc) is 2.94. The molecule has 2 aliphatic carbocycles. The van der Waals surface area contributed by atoms with Gasteiger partial charge in [-0.25, -0.2) is 0 Å². The van der Waals surface area contributed by atoms with Crippen molar-refractivity contribution in [1.82, 2.24) is 4.90 Å². The Morgan fingerprint density at radius 1 is 1.25 bits per heavy atom. The standard InChI is InChI=1S/C19H20F3NO5/c20-19(21,22)4-6-23-5-3-17-14-9-7-13(23)18(17,27)2-1-10(24)16(17)28-15(14)12(26)8-11(9)25/h8,13,16,25-27H,1-7H2/t13-,16?,17+,18?/m1/s1. The van der Waals surface area contributed by atoms with Crippen LogP contribution in [0.3, 0.4) is 0 Å². The zero-order valence-electron chi connectivity index (χ0n) is 14.9. The second kappa shape index (κ2) is 5.33. The molecule has 2 bridgehead atoms. The number of nitrogens with zero attached hydrogens (tertiary/aromatic N) is 1. The second-order valence-electron chi connectivity index (χ2n) is 8.33. The maximum atomic E-state index is 12.8. The molecule has 9 heteroatoms. The Kier molecular flexibility index (Phi) is 3.43. The van der Waals surface area contributed by atoms with Crippen LogP contribution in [0, 0.1) is 0 Å². The van der Waals surface area contributed by atoms with Gasteiger partial charge in [-0.1, -0.05) is 0 Å². The lowest BCUT2D eigenvalue weighted by molar-refractivity contribution is -0.194. The van der Waals surface area contributed by atoms with E-state index < -0.39 is 35.8 Å². The van der Waals surface area contributed by atoms with Crippen molar-refractivity contribution in [2.24, 2.45) is 0 Å². The fourth-order valence-corrected chi connectivity index (χ4v) is 6.02. The van der Waals surface area contributed by atoms with Crippen molar-refractivity contribution >= 4 is 5.78 Å². The topological polar surface area (TPSA) is 90.2 Å². The van der Waals surface area contributed by atoms with Crippen LogP contribution in [0.2, 0.25) is 0 Å². The summed E-state index contributed by atoms with van der Waals surface area (Å²) < 4.78 is 44.2. The van der Waals surface area contributed by atoms with Crippen LogP contribution in [0.4, 0.5) is 13.2 Å². The van der Waals surface area contributed by atoms with E-state index in [1.807, 2.05) is 0 Å². The molecule has 28 heavy (non-hydrogen) atoms. The number of piperidine rings is 1. The molecule has 4 atom stereocenters. The number of aromatic hydroxyl groups is 2. The molecule has 0 amide bonds. The van der Waals surface area contributed by atoms with Gasteiger partial charge in [-0.2, -0.15) is 13.2 Å². The SMILES string of the molecule is O=C1CCC2(O)[C@H]3Cc4c(O)cc(O)c5c4[C@@]2(CCN3CCC(F)(F)F)C1O5. The summed E-state index contributed by atoms with van der Waals surface area (Å²) in [5.74, 6) is -0.584. The number of rotatable bonds is 2. The fourth-order valence-electron chi connectivity index (χ4n) is 6.02. The highest BCUT2D eigenvalue weighted by Crippen LogP contribution is 2.66. The van der Waals surface area contributed by atoms with Crippen LogP contribution in [-0.2, 0) is 16.6 Å². The summed E-state index contributed by atoms with van der Waals surface area (Å²) in [6.07, 6.45) is -5.78. The number of hydrogen-bond acceptors (Lipinski definition) is 6. The Labute approximate surface area is 158 Å². The van der Waals surface area contributed by atoms with Crippen LogP contribution in [0.1, 0.15) is 36.8 Å². The number of halogens is 3.